The molecule has 0 aromatic heterocycles. The van der Waals surface area contributed by atoms with E-state index in [-0.39, 0.29) is 10.8 Å². The van der Waals surface area contributed by atoms with Crippen LogP contribution in [0.5, 0.6) is 0 Å². The van der Waals surface area contributed by atoms with Crippen LogP contribution in [0, 0.1) is 0 Å². The van der Waals surface area contributed by atoms with Gasteiger partial charge in [0.2, 0.25) is 0 Å². The highest BCUT2D eigenvalue weighted by Crippen LogP contribution is 2.46. The summed E-state index contributed by atoms with van der Waals surface area (Å²) in [5.74, 6) is -0.914. The third kappa shape index (κ3) is 4.50. The zero-order valence-corrected chi connectivity index (χ0v) is 16.3. The van der Waals surface area contributed by atoms with Gasteiger partial charge in [-0.1, -0.05) is 64.1 Å². The molecule has 0 saturated carbocycles. The van der Waals surface area contributed by atoms with Crippen LogP contribution in [0.4, 0.5) is 0 Å². The first-order valence-corrected chi connectivity index (χ1v) is 8.94. The van der Waals surface area contributed by atoms with Crippen molar-refractivity contribution in [2.45, 2.75) is 65.2 Å². The largest absolute Gasteiger partial charge is 0.478 e. The highest BCUT2D eigenvalue weighted by Gasteiger charge is 2.36. The van der Waals surface area contributed by atoms with Gasteiger partial charge in [0.1, 0.15) is 0 Å². The number of carbonyl (C=O) groups is 1. The van der Waals surface area contributed by atoms with E-state index < -0.39 is 5.97 Å². The summed E-state index contributed by atoms with van der Waals surface area (Å²) in [6.07, 6.45) is 9.42. The molecule has 2 heteroatoms. The second-order valence-corrected chi connectivity index (χ2v) is 8.46. The SMILES string of the molecule is CC(C=CC=C(C)c1ccc2c(c1)C(C)(C)CCC2(C)C)=CC(=O)O. The molecule has 0 bridgehead atoms. The Morgan fingerprint density at radius 2 is 1.64 bits per heavy atom. The molecule has 0 amide bonds. The van der Waals surface area contributed by atoms with Crippen LogP contribution in [0.3, 0.4) is 0 Å². The highest BCUT2D eigenvalue weighted by molar-refractivity contribution is 5.81. The summed E-state index contributed by atoms with van der Waals surface area (Å²) in [6.45, 7) is 13.2. The maximum atomic E-state index is 10.7. The fourth-order valence-electron chi connectivity index (χ4n) is 3.52. The average Bonchev–Trinajstić information content (AvgIpc) is 2.51. The second-order valence-electron chi connectivity index (χ2n) is 8.46. The third-order valence-corrected chi connectivity index (χ3v) is 5.36. The third-order valence-electron chi connectivity index (χ3n) is 5.36. The lowest BCUT2D eigenvalue weighted by molar-refractivity contribution is -0.131. The number of allylic oxidation sites excluding steroid dienone is 5. The van der Waals surface area contributed by atoms with Gasteiger partial charge in [-0.05, 0) is 65.4 Å². The average molecular weight is 338 g/mol. The van der Waals surface area contributed by atoms with Crippen molar-refractivity contribution in [3.05, 3.63) is 64.8 Å². The molecule has 0 fully saturated rings. The molecular weight excluding hydrogens is 308 g/mol. The fraction of sp³-hybridized carbons (Fsp3) is 0.435. The molecule has 0 heterocycles. The Balaban J connectivity index is 2.34. The Hall–Kier alpha value is -2.09. The Morgan fingerprint density at radius 1 is 1.04 bits per heavy atom. The standard InChI is InChI=1S/C23H30O2/c1-16(14-21(24)25)8-7-9-17(2)18-10-11-19-20(15-18)23(5,6)13-12-22(19,3)4/h7-11,14-15H,12-13H2,1-6H3,(H,24,25). The Bertz CT molecular complexity index is 758. The lowest BCUT2D eigenvalue weighted by Gasteiger charge is -2.42. The number of carboxylic acids is 1. The molecule has 25 heavy (non-hydrogen) atoms. The van der Waals surface area contributed by atoms with Crippen molar-refractivity contribution >= 4 is 11.5 Å². The summed E-state index contributed by atoms with van der Waals surface area (Å²) in [6, 6.07) is 6.85. The molecule has 0 spiro atoms. The minimum Gasteiger partial charge on any atom is -0.478 e. The number of rotatable bonds is 4. The van der Waals surface area contributed by atoms with E-state index in [1.807, 2.05) is 18.2 Å². The Kier molecular flexibility index (Phi) is 5.41. The number of hydrogen-bond acceptors (Lipinski definition) is 1. The van der Waals surface area contributed by atoms with Gasteiger partial charge in [-0.15, -0.1) is 0 Å². The normalized spacial score (nSPS) is 19.8. The van der Waals surface area contributed by atoms with Gasteiger partial charge in [0.25, 0.3) is 0 Å². The van der Waals surface area contributed by atoms with E-state index in [4.69, 9.17) is 5.11 Å². The van der Waals surface area contributed by atoms with E-state index in [1.54, 1.807) is 6.92 Å². The quantitative estimate of drug-likeness (QED) is 0.538. The Morgan fingerprint density at radius 3 is 2.24 bits per heavy atom. The van der Waals surface area contributed by atoms with Crippen LogP contribution in [0.2, 0.25) is 0 Å². The molecule has 0 atom stereocenters. The predicted molar refractivity (Wildman–Crippen MR) is 106 cm³/mol. The van der Waals surface area contributed by atoms with Gasteiger partial charge in [0.15, 0.2) is 0 Å². The molecular formula is C23H30O2. The lowest BCUT2D eigenvalue weighted by Crippen LogP contribution is -2.33. The molecule has 1 aromatic rings. The second kappa shape index (κ2) is 7.03. The number of benzene rings is 1. The first-order valence-electron chi connectivity index (χ1n) is 8.94. The molecule has 1 aromatic carbocycles. The molecule has 1 N–H and O–H groups in total. The maximum Gasteiger partial charge on any atom is 0.328 e. The minimum atomic E-state index is -0.914. The minimum absolute atomic E-state index is 0.206. The van der Waals surface area contributed by atoms with Crippen LogP contribution >= 0.6 is 0 Å². The smallest absolute Gasteiger partial charge is 0.328 e. The van der Waals surface area contributed by atoms with E-state index in [0.717, 1.165) is 5.57 Å². The fourth-order valence-corrected chi connectivity index (χ4v) is 3.52. The van der Waals surface area contributed by atoms with E-state index in [9.17, 15) is 4.79 Å². The van der Waals surface area contributed by atoms with Crippen molar-refractivity contribution in [2.75, 3.05) is 0 Å². The van der Waals surface area contributed by atoms with Gasteiger partial charge < -0.3 is 5.11 Å². The van der Waals surface area contributed by atoms with Crippen molar-refractivity contribution in [2.24, 2.45) is 0 Å². The molecule has 2 rings (SSSR count). The zero-order chi connectivity index (χ0) is 18.8. The van der Waals surface area contributed by atoms with Crippen LogP contribution in [-0.2, 0) is 15.6 Å². The number of carboxylic acid groups (broad SMARTS) is 1. The summed E-state index contributed by atoms with van der Waals surface area (Å²) in [5, 5.41) is 8.75. The summed E-state index contributed by atoms with van der Waals surface area (Å²) in [4.78, 5) is 10.7. The molecule has 134 valence electrons. The van der Waals surface area contributed by atoms with E-state index >= 15 is 0 Å². The summed E-state index contributed by atoms with van der Waals surface area (Å²) in [5.41, 5.74) is 6.51. The molecule has 1 aliphatic carbocycles. The first-order chi connectivity index (χ1) is 11.5. The van der Waals surface area contributed by atoms with Crippen molar-refractivity contribution in [3.63, 3.8) is 0 Å². The van der Waals surface area contributed by atoms with E-state index in [0.29, 0.717) is 0 Å². The van der Waals surface area contributed by atoms with E-state index in [2.05, 4.69) is 52.8 Å². The van der Waals surface area contributed by atoms with Crippen LogP contribution in [-0.4, -0.2) is 11.1 Å². The zero-order valence-electron chi connectivity index (χ0n) is 16.3. The summed E-state index contributed by atoms with van der Waals surface area (Å²) < 4.78 is 0. The topological polar surface area (TPSA) is 37.3 Å². The molecule has 0 aliphatic heterocycles. The van der Waals surface area contributed by atoms with Crippen molar-refractivity contribution in [1.82, 2.24) is 0 Å². The van der Waals surface area contributed by atoms with Crippen LogP contribution in [0.25, 0.3) is 5.57 Å². The molecule has 0 saturated heterocycles. The highest BCUT2D eigenvalue weighted by atomic mass is 16.4. The lowest BCUT2D eigenvalue weighted by atomic mass is 9.63. The van der Waals surface area contributed by atoms with Crippen LogP contribution in [0.1, 0.15) is 71.1 Å². The number of fused-ring (bicyclic) bond motifs is 1. The van der Waals surface area contributed by atoms with E-state index in [1.165, 1.54) is 41.2 Å². The van der Waals surface area contributed by atoms with Gasteiger partial charge in [0.05, 0.1) is 0 Å². The predicted octanol–water partition coefficient (Wildman–Crippen LogP) is 6.03. The van der Waals surface area contributed by atoms with Crippen LogP contribution in [0.15, 0.2) is 48.1 Å². The molecule has 0 unspecified atom stereocenters. The van der Waals surface area contributed by atoms with Crippen molar-refractivity contribution < 1.29 is 9.90 Å². The monoisotopic (exact) mass is 338 g/mol. The van der Waals surface area contributed by atoms with Crippen molar-refractivity contribution in [3.8, 4) is 0 Å². The molecule has 1 aliphatic rings. The van der Waals surface area contributed by atoms with Crippen LogP contribution < -0.4 is 0 Å². The van der Waals surface area contributed by atoms with Crippen molar-refractivity contribution in [1.29, 1.82) is 0 Å². The summed E-state index contributed by atoms with van der Waals surface area (Å²) >= 11 is 0. The Labute approximate surface area is 152 Å². The molecule has 2 nitrogen and oxygen atoms in total. The molecule has 0 radical (unpaired) electrons. The van der Waals surface area contributed by atoms with Gasteiger partial charge in [-0.2, -0.15) is 0 Å². The first kappa shape index (κ1) is 19.2. The number of aliphatic carboxylic acids is 1. The number of hydrogen-bond donors (Lipinski definition) is 1. The van der Waals surface area contributed by atoms with Gasteiger partial charge in [-0.25, -0.2) is 4.79 Å². The maximum absolute atomic E-state index is 10.7. The van der Waals surface area contributed by atoms with Gasteiger partial charge in [0, 0.05) is 6.08 Å². The summed E-state index contributed by atoms with van der Waals surface area (Å²) in [7, 11) is 0. The van der Waals surface area contributed by atoms with Gasteiger partial charge >= 0.3 is 5.97 Å². The van der Waals surface area contributed by atoms with Gasteiger partial charge in [-0.3, -0.25) is 0 Å².